The number of nitrogens with one attached hydrogen (secondary N) is 1. The standard InChI is InChI=1S/C14H18N4O/c1-10-3-4-11(2)12(5-10)6-16-13-7-17-18(8-13)9-14(15)19/h3-5,7-8,16H,6,9H2,1-2H3,(H2,15,19). The highest BCUT2D eigenvalue weighted by Crippen LogP contribution is 2.13. The molecule has 0 saturated carbocycles. The SMILES string of the molecule is Cc1ccc(C)c(CNc2cnn(CC(N)=O)c2)c1. The van der Waals surface area contributed by atoms with Crippen LogP contribution in [0.1, 0.15) is 16.7 Å². The monoisotopic (exact) mass is 258 g/mol. The van der Waals surface area contributed by atoms with Crippen LogP contribution in [-0.2, 0) is 17.9 Å². The third kappa shape index (κ3) is 3.58. The zero-order valence-corrected chi connectivity index (χ0v) is 11.2. The molecule has 19 heavy (non-hydrogen) atoms. The first kappa shape index (κ1) is 13.1. The van der Waals surface area contributed by atoms with Crippen LogP contribution in [0, 0.1) is 13.8 Å². The highest BCUT2D eigenvalue weighted by atomic mass is 16.1. The molecule has 0 aliphatic rings. The second-order valence-corrected chi connectivity index (χ2v) is 4.68. The zero-order chi connectivity index (χ0) is 13.8. The maximum atomic E-state index is 10.8. The van der Waals surface area contributed by atoms with Gasteiger partial charge in [0.1, 0.15) is 6.54 Å². The number of anilines is 1. The number of rotatable bonds is 5. The number of primary amides is 1. The van der Waals surface area contributed by atoms with Crippen LogP contribution < -0.4 is 11.1 Å². The molecule has 0 radical (unpaired) electrons. The number of carbonyl (C=O) groups excluding carboxylic acids is 1. The van der Waals surface area contributed by atoms with Crippen LogP contribution in [0.2, 0.25) is 0 Å². The molecule has 5 heteroatoms. The summed E-state index contributed by atoms with van der Waals surface area (Å²) in [5, 5.41) is 7.35. The van der Waals surface area contributed by atoms with Gasteiger partial charge in [0.05, 0.1) is 11.9 Å². The minimum atomic E-state index is -0.399. The van der Waals surface area contributed by atoms with Gasteiger partial charge in [-0.15, -0.1) is 0 Å². The number of hydrogen-bond acceptors (Lipinski definition) is 3. The Bertz CT molecular complexity index is 589. The minimum absolute atomic E-state index is 0.102. The van der Waals surface area contributed by atoms with Crippen molar-refractivity contribution in [3.05, 3.63) is 47.3 Å². The fourth-order valence-corrected chi connectivity index (χ4v) is 1.89. The van der Waals surface area contributed by atoms with Crippen LogP contribution >= 0.6 is 0 Å². The van der Waals surface area contributed by atoms with Crippen LogP contribution in [0.25, 0.3) is 0 Å². The van der Waals surface area contributed by atoms with E-state index in [9.17, 15) is 4.79 Å². The van der Waals surface area contributed by atoms with Gasteiger partial charge in [0.2, 0.25) is 5.91 Å². The highest BCUT2D eigenvalue weighted by Gasteiger charge is 2.02. The summed E-state index contributed by atoms with van der Waals surface area (Å²) in [5.74, 6) is -0.399. The Morgan fingerprint density at radius 1 is 1.42 bits per heavy atom. The Hall–Kier alpha value is -2.30. The smallest absolute Gasteiger partial charge is 0.239 e. The number of nitrogens with zero attached hydrogens (tertiary/aromatic N) is 2. The molecule has 0 saturated heterocycles. The first-order valence-corrected chi connectivity index (χ1v) is 6.15. The van der Waals surface area contributed by atoms with E-state index in [-0.39, 0.29) is 6.54 Å². The Morgan fingerprint density at radius 3 is 2.95 bits per heavy atom. The number of aromatic nitrogens is 2. The molecule has 0 unspecified atom stereocenters. The van der Waals surface area contributed by atoms with Crippen LogP contribution in [0.3, 0.4) is 0 Å². The normalized spacial score (nSPS) is 10.4. The van der Waals surface area contributed by atoms with E-state index in [1.165, 1.54) is 21.4 Å². The maximum Gasteiger partial charge on any atom is 0.239 e. The molecular weight excluding hydrogens is 240 g/mol. The van der Waals surface area contributed by atoms with E-state index in [4.69, 9.17) is 5.73 Å². The molecule has 2 rings (SSSR count). The average Bonchev–Trinajstić information content (AvgIpc) is 2.77. The van der Waals surface area contributed by atoms with Crippen molar-refractivity contribution in [2.75, 3.05) is 5.32 Å². The molecule has 1 aromatic heterocycles. The largest absolute Gasteiger partial charge is 0.378 e. The zero-order valence-electron chi connectivity index (χ0n) is 11.2. The van der Waals surface area contributed by atoms with Gasteiger partial charge in [0, 0.05) is 12.7 Å². The highest BCUT2D eigenvalue weighted by molar-refractivity contribution is 5.73. The van der Waals surface area contributed by atoms with Crippen molar-refractivity contribution in [1.82, 2.24) is 9.78 Å². The fourth-order valence-electron chi connectivity index (χ4n) is 1.89. The van der Waals surface area contributed by atoms with Crippen molar-refractivity contribution in [3.8, 4) is 0 Å². The molecule has 1 aromatic carbocycles. The molecule has 3 N–H and O–H groups in total. The second-order valence-electron chi connectivity index (χ2n) is 4.68. The van der Waals surface area contributed by atoms with E-state index < -0.39 is 5.91 Å². The lowest BCUT2D eigenvalue weighted by molar-refractivity contribution is -0.118. The lowest BCUT2D eigenvalue weighted by Gasteiger charge is -2.08. The number of amides is 1. The van der Waals surface area contributed by atoms with Crippen LogP contribution in [0.15, 0.2) is 30.6 Å². The van der Waals surface area contributed by atoms with Gasteiger partial charge in [-0.3, -0.25) is 9.48 Å². The number of hydrogen-bond donors (Lipinski definition) is 2. The first-order valence-electron chi connectivity index (χ1n) is 6.15. The van der Waals surface area contributed by atoms with Crippen molar-refractivity contribution in [1.29, 1.82) is 0 Å². The van der Waals surface area contributed by atoms with Crippen molar-refractivity contribution < 1.29 is 4.79 Å². The molecule has 0 fully saturated rings. The average molecular weight is 258 g/mol. The molecule has 5 nitrogen and oxygen atoms in total. The lowest BCUT2D eigenvalue weighted by Crippen LogP contribution is -2.18. The topological polar surface area (TPSA) is 72.9 Å². The number of aryl methyl sites for hydroxylation is 2. The van der Waals surface area contributed by atoms with E-state index in [0.29, 0.717) is 0 Å². The van der Waals surface area contributed by atoms with Gasteiger partial charge in [0.25, 0.3) is 0 Å². The summed E-state index contributed by atoms with van der Waals surface area (Å²) in [6.07, 6.45) is 3.46. The summed E-state index contributed by atoms with van der Waals surface area (Å²) < 4.78 is 1.52. The minimum Gasteiger partial charge on any atom is -0.378 e. The Labute approximate surface area is 112 Å². The molecule has 2 aromatic rings. The van der Waals surface area contributed by atoms with Crippen LogP contribution in [0.4, 0.5) is 5.69 Å². The fraction of sp³-hybridized carbons (Fsp3) is 0.286. The predicted molar refractivity (Wildman–Crippen MR) is 74.7 cm³/mol. The van der Waals surface area contributed by atoms with E-state index in [0.717, 1.165) is 12.2 Å². The third-order valence-corrected chi connectivity index (χ3v) is 2.94. The van der Waals surface area contributed by atoms with E-state index in [2.05, 4.69) is 42.5 Å². The maximum absolute atomic E-state index is 10.8. The summed E-state index contributed by atoms with van der Waals surface area (Å²) in [6.45, 7) is 5.00. The molecule has 1 heterocycles. The second kappa shape index (κ2) is 5.56. The molecule has 0 bridgehead atoms. The van der Waals surface area contributed by atoms with Gasteiger partial charge in [-0.05, 0) is 25.0 Å². The lowest BCUT2D eigenvalue weighted by atomic mass is 10.1. The van der Waals surface area contributed by atoms with Gasteiger partial charge in [0.15, 0.2) is 0 Å². The quantitative estimate of drug-likeness (QED) is 0.855. The predicted octanol–water partition coefficient (Wildman–Crippen LogP) is 1.60. The molecule has 1 amide bonds. The van der Waals surface area contributed by atoms with Crippen molar-refractivity contribution >= 4 is 11.6 Å². The Morgan fingerprint density at radius 2 is 2.21 bits per heavy atom. The number of carbonyl (C=O) groups is 1. The molecule has 0 aliphatic heterocycles. The van der Waals surface area contributed by atoms with Crippen LogP contribution in [-0.4, -0.2) is 15.7 Å². The summed E-state index contributed by atoms with van der Waals surface area (Å²) in [6, 6.07) is 6.38. The molecule has 100 valence electrons. The summed E-state index contributed by atoms with van der Waals surface area (Å²) >= 11 is 0. The number of benzene rings is 1. The molecular formula is C14H18N4O. The van der Waals surface area contributed by atoms with Crippen molar-refractivity contribution in [3.63, 3.8) is 0 Å². The van der Waals surface area contributed by atoms with E-state index >= 15 is 0 Å². The summed E-state index contributed by atoms with van der Waals surface area (Å²) in [7, 11) is 0. The summed E-state index contributed by atoms with van der Waals surface area (Å²) in [4.78, 5) is 10.8. The van der Waals surface area contributed by atoms with Gasteiger partial charge in [-0.2, -0.15) is 5.10 Å². The molecule has 0 spiro atoms. The first-order chi connectivity index (χ1) is 9.04. The van der Waals surface area contributed by atoms with Gasteiger partial charge in [-0.25, -0.2) is 0 Å². The van der Waals surface area contributed by atoms with Crippen LogP contribution in [0.5, 0.6) is 0 Å². The molecule has 0 aliphatic carbocycles. The molecule has 0 atom stereocenters. The Kier molecular flexibility index (Phi) is 3.85. The van der Waals surface area contributed by atoms with Crippen molar-refractivity contribution in [2.45, 2.75) is 26.9 Å². The third-order valence-electron chi connectivity index (χ3n) is 2.94. The number of nitrogens with two attached hydrogens (primary N) is 1. The van der Waals surface area contributed by atoms with Gasteiger partial charge in [-0.1, -0.05) is 23.8 Å². The van der Waals surface area contributed by atoms with E-state index in [1.54, 1.807) is 12.4 Å². The summed E-state index contributed by atoms with van der Waals surface area (Å²) in [5.41, 5.74) is 9.74. The van der Waals surface area contributed by atoms with Gasteiger partial charge < -0.3 is 11.1 Å². The van der Waals surface area contributed by atoms with Gasteiger partial charge >= 0.3 is 0 Å². The van der Waals surface area contributed by atoms with E-state index in [1.807, 2.05) is 0 Å². The Balaban J connectivity index is 2.00. The van der Waals surface area contributed by atoms with Crippen molar-refractivity contribution in [2.24, 2.45) is 5.73 Å².